The van der Waals surface area contributed by atoms with E-state index in [1.807, 2.05) is 43.0 Å². The fraction of sp³-hybridized carbons (Fsp3) is 0.300. The van der Waals surface area contributed by atoms with Gasteiger partial charge in [0, 0.05) is 25.2 Å². The number of aliphatic hydroxyl groups is 2. The van der Waals surface area contributed by atoms with Crippen molar-refractivity contribution in [2.75, 3.05) is 18.4 Å². The maximum absolute atomic E-state index is 14.0. The molecule has 0 spiro atoms. The minimum atomic E-state index is -0.675. The van der Waals surface area contributed by atoms with Crippen molar-refractivity contribution in [2.24, 2.45) is 5.10 Å². The van der Waals surface area contributed by atoms with E-state index in [0.29, 0.717) is 25.2 Å². The van der Waals surface area contributed by atoms with Gasteiger partial charge in [0.25, 0.3) is 11.8 Å². The van der Waals surface area contributed by atoms with E-state index < -0.39 is 29.8 Å². The van der Waals surface area contributed by atoms with Gasteiger partial charge in [-0.25, -0.2) is 9.82 Å². The van der Waals surface area contributed by atoms with Crippen LogP contribution in [0.3, 0.4) is 0 Å². The van der Waals surface area contributed by atoms with Gasteiger partial charge in [0.2, 0.25) is 0 Å². The van der Waals surface area contributed by atoms with Gasteiger partial charge >= 0.3 is 0 Å². The molecule has 39 heavy (non-hydrogen) atoms. The third kappa shape index (κ3) is 9.10. The van der Waals surface area contributed by atoms with Crippen LogP contribution in [0.4, 0.5) is 10.1 Å². The van der Waals surface area contributed by atoms with Gasteiger partial charge in [0.15, 0.2) is 0 Å². The second kappa shape index (κ2) is 13.7. The van der Waals surface area contributed by atoms with Gasteiger partial charge in [-0.3, -0.25) is 14.5 Å². The van der Waals surface area contributed by atoms with Crippen LogP contribution in [-0.4, -0.2) is 58.4 Å². The van der Waals surface area contributed by atoms with Gasteiger partial charge in [-0.15, -0.1) is 0 Å². The number of carbonyl (C=O) groups is 2. The van der Waals surface area contributed by atoms with Crippen molar-refractivity contribution < 1.29 is 24.2 Å². The fourth-order valence-corrected chi connectivity index (χ4v) is 4.10. The molecule has 0 saturated carbocycles. The largest absolute Gasteiger partial charge is 0.392 e. The number of nitrogens with zero attached hydrogens (tertiary/aromatic N) is 2. The third-order valence-corrected chi connectivity index (χ3v) is 6.03. The summed E-state index contributed by atoms with van der Waals surface area (Å²) in [5.41, 5.74) is 6.62. The number of anilines is 1. The number of amides is 2. The monoisotopic (exact) mass is 534 g/mol. The molecule has 0 fully saturated rings. The molecule has 2 atom stereocenters. The molecule has 0 radical (unpaired) electrons. The zero-order valence-corrected chi connectivity index (χ0v) is 22.6. The summed E-state index contributed by atoms with van der Waals surface area (Å²) in [4.78, 5) is 27.8. The van der Waals surface area contributed by atoms with E-state index >= 15 is 0 Å². The minimum absolute atomic E-state index is 0.0724. The second-order valence-corrected chi connectivity index (χ2v) is 9.78. The highest BCUT2D eigenvalue weighted by atomic mass is 19.1. The highest BCUT2D eigenvalue weighted by molar-refractivity contribution is 6.09. The Hall–Kier alpha value is -3.92. The number of benzene rings is 3. The average molecular weight is 535 g/mol. The van der Waals surface area contributed by atoms with Gasteiger partial charge in [0.05, 0.1) is 29.7 Å². The van der Waals surface area contributed by atoms with Gasteiger partial charge in [-0.2, -0.15) is 5.10 Å². The molecular weight excluding hydrogens is 499 g/mol. The van der Waals surface area contributed by atoms with Crippen LogP contribution in [0.15, 0.2) is 65.8 Å². The molecule has 0 aliphatic carbocycles. The Morgan fingerprint density at radius 3 is 2.33 bits per heavy atom. The minimum Gasteiger partial charge on any atom is -0.392 e. The Morgan fingerprint density at radius 2 is 1.67 bits per heavy atom. The second-order valence-electron chi connectivity index (χ2n) is 9.78. The predicted octanol–water partition coefficient (Wildman–Crippen LogP) is 4.02. The summed E-state index contributed by atoms with van der Waals surface area (Å²) in [6, 6.07) is 16.2. The van der Waals surface area contributed by atoms with E-state index in [1.165, 1.54) is 12.3 Å². The lowest BCUT2D eigenvalue weighted by atomic mass is 10.1. The van der Waals surface area contributed by atoms with Crippen LogP contribution in [0.2, 0.25) is 0 Å². The molecule has 3 aromatic rings. The zero-order chi connectivity index (χ0) is 28.5. The van der Waals surface area contributed by atoms with Crippen molar-refractivity contribution in [3.05, 3.63) is 99.9 Å². The molecule has 0 bridgehead atoms. The molecule has 4 N–H and O–H groups in total. The van der Waals surface area contributed by atoms with Crippen LogP contribution >= 0.6 is 0 Å². The highest BCUT2D eigenvalue weighted by Crippen LogP contribution is 2.19. The molecule has 0 saturated heterocycles. The summed E-state index contributed by atoms with van der Waals surface area (Å²) < 4.78 is 14.0. The Bertz CT molecular complexity index is 1330. The maximum Gasteiger partial charge on any atom is 0.273 e. The molecule has 0 aliphatic heterocycles. The first kappa shape index (κ1) is 29.6. The lowest BCUT2D eigenvalue weighted by Crippen LogP contribution is -2.35. The third-order valence-electron chi connectivity index (χ3n) is 6.03. The lowest BCUT2D eigenvalue weighted by Gasteiger charge is -2.25. The molecular formula is C30H35FN4O4. The number of hydrazone groups is 1. The van der Waals surface area contributed by atoms with E-state index in [0.717, 1.165) is 34.4 Å². The van der Waals surface area contributed by atoms with Crippen molar-refractivity contribution in [3.63, 3.8) is 0 Å². The SMILES string of the molecule is Cc1ccc(C=NNC(=O)c2cc(F)ccc2NC(=O)c2cccc(CN(CC(C)O)CC(C)O)c2)cc1C. The summed E-state index contributed by atoms with van der Waals surface area (Å²) in [6.07, 6.45) is 0.332. The lowest BCUT2D eigenvalue weighted by molar-refractivity contribution is 0.0793. The van der Waals surface area contributed by atoms with Crippen molar-refractivity contribution >= 4 is 23.7 Å². The van der Waals surface area contributed by atoms with Crippen LogP contribution in [0, 0.1) is 19.7 Å². The smallest absolute Gasteiger partial charge is 0.273 e. The summed E-state index contributed by atoms with van der Waals surface area (Å²) in [5.74, 6) is -1.78. The summed E-state index contributed by atoms with van der Waals surface area (Å²) in [6.45, 7) is 8.46. The summed E-state index contributed by atoms with van der Waals surface area (Å²) in [5, 5.41) is 26.2. The van der Waals surface area contributed by atoms with E-state index in [9.17, 15) is 24.2 Å². The first-order valence-corrected chi connectivity index (χ1v) is 12.7. The van der Waals surface area contributed by atoms with Gasteiger partial charge in [-0.05, 0) is 80.3 Å². The zero-order valence-electron chi connectivity index (χ0n) is 22.6. The average Bonchev–Trinajstić information content (AvgIpc) is 2.86. The van der Waals surface area contributed by atoms with Crippen LogP contribution in [-0.2, 0) is 6.54 Å². The summed E-state index contributed by atoms with van der Waals surface area (Å²) in [7, 11) is 0. The van der Waals surface area contributed by atoms with Crippen molar-refractivity contribution in [2.45, 2.75) is 46.4 Å². The number of nitrogens with one attached hydrogen (secondary N) is 2. The Balaban J connectivity index is 1.73. The number of aryl methyl sites for hydroxylation is 2. The predicted molar refractivity (Wildman–Crippen MR) is 150 cm³/mol. The molecule has 3 rings (SSSR count). The highest BCUT2D eigenvalue weighted by Gasteiger charge is 2.17. The normalized spacial score (nSPS) is 12.9. The van der Waals surface area contributed by atoms with Crippen LogP contribution in [0.1, 0.15) is 56.8 Å². The van der Waals surface area contributed by atoms with Crippen molar-refractivity contribution in [1.82, 2.24) is 10.3 Å². The van der Waals surface area contributed by atoms with Crippen LogP contribution in [0.5, 0.6) is 0 Å². The molecule has 206 valence electrons. The van der Waals surface area contributed by atoms with E-state index in [2.05, 4.69) is 15.8 Å². The molecule has 2 amide bonds. The van der Waals surface area contributed by atoms with Crippen LogP contribution in [0.25, 0.3) is 0 Å². The molecule has 0 heterocycles. The molecule has 3 aromatic carbocycles. The fourth-order valence-electron chi connectivity index (χ4n) is 4.10. The van der Waals surface area contributed by atoms with Crippen molar-refractivity contribution in [1.29, 1.82) is 0 Å². The molecule has 2 unspecified atom stereocenters. The Labute approximate surface area is 228 Å². The Morgan fingerprint density at radius 1 is 0.949 bits per heavy atom. The number of rotatable bonds is 11. The van der Waals surface area contributed by atoms with E-state index in [4.69, 9.17) is 0 Å². The van der Waals surface area contributed by atoms with E-state index in [1.54, 1.807) is 32.0 Å². The number of hydrogen-bond donors (Lipinski definition) is 4. The molecule has 0 aromatic heterocycles. The quantitative estimate of drug-likeness (QED) is 0.219. The first-order chi connectivity index (χ1) is 18.5. The van der Waals surface area contributed by atoms with E-state index in [-0.39, 0.29) is 11.3 Å². The number of hydrogen-bond acceptors (Lipinski definition) is 6. The molecule has 8 nitrogen and oxygen atoms in total. The topological polar surface area (TPSA) is 114 Å². The van der Waals surface area contributed by atoms with Gasteiger partial charge in [-0.1, -0.05) is 30.3 Å². The van der Waals surface area contributed by atoms with Gasteiger partial charge in [0.1, 0.15) is 5.82 Å². The maximum atomic E-state index is 14.0. The molecule has 9 heteroatoms. The standard InChI is InChI=1S/C30H35FN4O4/c1-19-8-9-23(12-20(19)2)15-32-34-30(39)27-14-26(31)10-11-28(27)33-29(38)25-7-5-6-24(13-25)18-35(16-21(3)36)17-22(4)37/h5-15,21-22,36-37H,16-18H2,1-4H3,(H,33,38)(H,34,39). The Kier molecular flexibility index (Phi) is 10.4. The number of aliphatic hydroxyl groups excluding tert-OH is 2. The van der Waals surface area contributed by atoms with Crippen LogP contribution < -0.4 is 10.7 Å². The van der Waals surface area contributed by atoms with Crippen molar-refractivity contribution in [3.8, 4) is 0 Å². The summed E-state index contributed by atoms with van der Waals surface area (Å²) >= 11 is 0. The molecule has 0 aliphatic rings. The number of carbonyl (C=O) groups excluding carboxylic acids is 2. The number of halogens is 1. The first-order valence-electron chi connectivity index (χ1n) is 12.7. The van der Waals surface area contributed by atoms with Gasteiger partial charge < -0.3 is 15.5 Å².